The van der Waals surface area contributed by atoms with E-state index in [4.69, 9.17) is 5.73 Å². The summed E-state index contributed by atoms with van der Waals surface area (Å²) >= 11 is 0. The number of rotatable bonds is 3. The Hall–Kier alpha value is -2.58. The summed E-state index contributed by atoms with van der Waals surface area (Å²) in [5.41, 5.74) is 4.94. The van der Waals surface area contributed by atoms with Crippen LogP contribution in [0.2, 0.25) is 0 Å². The van der Waals surface area contributed by atoms with E-state index in [2.05, 4.69) is 20.6 Å². The van der Waals surface area contributed by atoms with Crippen LogP contribution in [-0.4, -0.2) is 38.9 Å². The van der Waals surface area contributed by atoms with Crippen molar-refractivity contribution in [3.63, 3.8) is 0 Å². The van der Waals surface area contributed by atoms with Crippen molar-refractivity contribution in [2.45, 2.75) is 24.7 Å². The molecule has 3 rings (SSSR count). The first kappa shape index (κ1) is 15.3. The highest BCUT2D eigenvalue weighted by Gasteiger charge is 2.45. The van der Waals surface area contributed by atoms with Crippen molar-refractivity contribution in [3.05, 3.63) is 46.2 Å². The van der Waals surface area contributed by atoms with Crippen molar-refractivity contribution in [1.29, 1.82) is 0 Å². The van der Waals surface area contributed by atoms with Gasteiger partial charge < -0.3 is 26.6 Å². The molecule has 23 heavy (non-hydrogen) atoms. The third-order valence-corrected chi connectivity index (χ3v) is 4.07. The molecule has 0 saturated carbocycles. The standard InChI is InChI=1S/C15H19N5O3/c1-8(21)11(22)15(9-5-3-2-4-6-9)7-17-12-10(20-15)13(23)19-14(16)18-12/h2-6,8,11,20-22H,7H2,1H3,(H4,16,17,18,19,23)/t8-,11+,15?/m0/s1. The number of hydrogen-bond acceptors (Lipinski definition) is 7. The van der Waals surface area contributed by atoms with Crippen LogP contribution in [0, 0.1) is 0 Å². The molecule has 122 valence electrons. The minimum absolute atomic E-state index is 0.00587. The highest BCUT2D eigenvalue weighted by atomic mass is 16.3. The molecule has 0 amide bonds. The molecule has 0 bridgehead atoms. The second-order valence-corrected chi connectivity index (χ2v) is 5.68. The van der Waals surface area contributed by atoms with Gasteiger partial charge in [-0.05, 0) is 12.5 Å². The van der Waals surface area contributed by atoms with E-state index < -0.39 is 23.3 Å². The van der Waals surface area contributed by atoms with Gasteiger partial charge in [-0.1, -0.05) is 30.3 Å². The van der Waals surface area contributed by atoms with E-state index in [1.165, 1.54) is 6.92 Å². The normalized spacial score (nSPS) is 22.4. The topological polar surface area (TPSA) is 136 Å². The maximum absolute atomic E-state index is 12.2. The molecule has 7 N–H and O–H groups in total. The Morgan fingerprint density at radius 3 is 2.65 bits per heavy atom. The van der Waals surface area contributed by atoms with Crippen LogP contribution in [0.3, 0.4) is 0 Å². The van der Waals surface area contributed by atoms with Crippen LogP contribution in [0.4, 0.5) is 17.5 Å². The molecule has 0 fully saturated rings. The Bertz CT molecular complexity index is 761. The van der Waals surface area contributed by atoms with E-state index in [0.29, 0.717) is 5.82 Å². The number of nitrogens with one attached hydrogen (secondary N) is 3. The van der Waals surface area contributed by atoms with Crippen LogP contribution < -0.4 is 21.9 Å². The van der Waals surface area contributed by atoms with Crippen molar-refractivity contribution in [3.8, 4) is 0 Å². The van der Waals surface area contributed by atoms with Crippen molar-refractivity contribution in [2.75, 3.05) is 22.9 Å². The number of hydrogen-bond donors (Lipinski definition) is 6. The van der Waals surface area contributed by atoms with Crippen LogP contribution in [0.5, 0.6) is 0 Å². The van der Waals surface area contributed by atoms with E-state index in [-0.39, 0.29) is 18.2 Å². The first-order valence-corrected chi connectivity index (χ1v) is 7.27. The molecule has 0 saturated heterocycles. The monoisotopic (exact) mass is 317 g/mol. The van der Waals surface area contributed by atoms with Crippen LogP contribution in [-0.2, 0) is 5.54 Å². The first-order valence-electron chi connectivity index (χ1n) is 7.27. The lowest BCUT2D eigenvalue weighted by Crippen LogP contribution is -2.58. The summed E-state index contributed by atoms with van der Waals surface area (Å²) in [6.45, 7) is 1.73. The smallest absolute Gasteiger partial charge is 0.277 e. The number of fused-ring (bicyclic) bond motifs is 1. The van der Waals surface area contributed by atoms with Gasteiger partial charge in [0.15, 0.2) is 5.82 Å². The summed E-state index contributed by atoms with van der Waals surface area (Å²) in [6, 6.07) is 9.16. The summed E-state index contributed by atoms with van der Waals surface area (Å²) in [5.74, 6) is 0.321. The summed E-state index contributed by atoms with van der Waals surface area (Å²) in [4.78, 5) is 18.6. The lowest BCUT2D eigenvalue weighted by molar-refractivity contribution is -0.0115. The van der Waals surface area contributed by atoms with Gasteiger partial charge >= 0.3 is 0 Å². The number of aliphatic hydroxyl groups excluding tert-OH is 2. The van der Waals surface area contributed by atoms with Crippen molar-refractivity contribution < 1.29 is 10.2 Å². The van der Waals surface area contributed by atoms with Gasteiger partial charge in [0.05, 0.1) is 6.10 Å². The number of aromatic nitrogens is 2. The summed E-state index contributed by atoms with van der Waals surface area (Å²) < 4.78 is 0. The van der Waals surface area contributed by atoms with Gasteiger partial charge in [0.1, 0.15) is 17.3 Å². The molecule has 2 aromatic rings. The van der Waals surface area contributed by atoms with Crippen molar-refractivity contribution in [2.24, 2.45) is 0 Å². The van der Waals surface area contributed by atoms with Crippen molar-refractivity contribution >= 4 is 17.5 Å². The second kappa shape index (κ2) is 5.56. The minimum Gasteiger partial charge on any atom is -0.391 e. The predicted molar refractivity (Wildman–Crippen MR) is 87.2 cm³/mol. The SMILES string of the molecule is C[C@H](O)[C@@H](O)C1(c2ccccc2)CNc2nc(N)[nH]c(=O)c2N1. The van der Waals surface area contributed by atoms with Crippen molar-refractivity contribution in [1.82, 2.24) is 9.97 Å². The van der Waals surface area contributed by atoms with Crippen LogP contribution >= 0.6 is 0 Å². The second-order valence-electron chi connectivity index (χ2n) is 5.68. The largest absolute Gasteiger partial charge is 0.391 e. The average Bonchev–Trinajstić information content (AvgIpc) is 2.54. The molecule has 1 unspecified atom stereocenters. The summed E-state index contributed by atoms with van der Waals surface area (Å²) in [7, 11) is 0. The van der Waals surface area contributed by atoms with Gasteiger partial charge in [-0.15, -0.1) is 0 Å². The van der Waals surface area contributed by atoms with Gasteiger partial charge in [-0.25, -0.2) is 0 Å². The highest BCUT2D eigenvalue weighted by Crippen LogP contribution is 2.36. The Morgan fingerprint density at radius 2 is 2.00 bits per heavy atom. The van der Waals surface area contributed by atoms with Gasteiger partial charge in [-0.2, -0.15) is 4.98 Å². The number of benzene rings is 1. The molecular weight excluding hydrogens is 298 g/mol. The zero-order valence-corrected chi connectivity index (χ0v) is 12.6. The number of nitrogen functional groups attached to an aromatic ring is 1. The lowest BCUT2D eigenvalue weighted by atomic mass is 9.80. The average molecular weight is 317 g/mol. The van der Waals surface area contributed by atoms with E-state index in [1.54, 1.807) is 0 Å². The van der Waals surface area contributed by atoms with E-state index in [0.717, 1.165) is 5.56 Å². The molecule has 2 heterocycles. The van der Waals surface area contributed by atoms with Crippen LogP contribution in [0.25, 0.3) is 0 Å². The number of nitrogens with zero attached hydrogens (tertiary/aromatic N) is 1. The predicted octanol–water partition coefficient (Wildman–Crippen LogP) is -0.173. The molecule has 1 aromatic carbocycles. The Balaban J connectivity index is 2.14. The minimum atomic E-state index is -1.15. The highest BCUT2D eigenvalue weighted by molar-refractivity contribution is 5.69. The molecule has 1 aliphatic heterocycles. The fourth-order valence-electron chi connectivity index (χ4n) is 2.90. The van der Waals surface area contributed by atoms with Gasteiger partial charge in [0.25, 0.3) is 5.56 Å². The van der Waals surface area contributed by atoms with Crippen LogP contribution in [0.1, 0.15) is 12.5 Å². The summed E-state index contributed by atoms with van der Waals surface area (Å²) in [6.07, 6.45) is -2.16. The Morgan fingerprint density at radius 1 is 1.30 bits per heavy atom. The molecule has 8 heteroatoms. The van der Waals surface area contributed by atoms with E-state index in [1.807, 2.05) is 30.3 Å². The fraction of sp³-hybridized carbons (Fsp3) is 0.333. The molecule has 0 aliphatic carbocycles. The van der Waals surface area contributed by atoms with Gasteiger partial charge in [0, 0.05) is 6.54 Å². The third kappa shape index (κ3) is 2.51. The zero-order chi connectivity index (χ0) is 16.6. The molecule has 8 nitrogen and oxygen atoms in total. The molecule has 0 spiro atoms. The Labute approximate surface area is 132 Å². The lowest BCUT2D eigenvalue weighted by Gasteiger charge is -2.44. The summed E-state index contributed by atoms with van der Waals surface area (Å²) in [5, 5.41) is 26.6. The van der Waals surface area contributed by atoms with Gasteiger partial charge in [-0.3, -0.25) is 9.78 Å². The number of aliphatic hydroxyl groups is 2. The molecule has 0 radical (unpaired) electrons. The quantitative estimate of drug-likeness (QED) is 0.462. The number of anilines is 3. The Kier molecular flexibility index (Phi) is 3.70. The molecule has 1 aliphatic rings. The molecular formula is C15H19N5O3. The fourth-order valence-corrected chi connectivity index (χ4v) is 2.90. The first-order chi connectivity index (χ1) is 10.9. The number of nitrogens with two attached hydrogens (primary N) is 1. The molecule has 1 aromatic heterocycles. The molecule has 3 atom stereocenters. The van der Waals surface area contributed by atoms with Gasteiger partial charge in [0.2, 0.25) is 5.95 Å². The van der Waals surface area contributed by atoms with E-state index in [9.17, 15) is 15.0 Å². The number of aromatic amines is 1. The van der Waals surface area contributed by atoms with Crippen LogP contribution in [0.15, 0.2) is 35.1 Å². The zero-order valence-electron chi connectivity index (χ0n) is 12.6. The number of H-pyrrole nitrogens is 1. The third-order valence-electron chi connectivity index (χ3n) is 4.07. The maximum atomic E-state index is 12.2. The van der Waals surface area contributed by atoms with E-state index >= 15 is 0 Å². The maximum Gasteiger partial charge on any atom is 0.277 e.